The van der Waals surface area contributed by atoms with Crippen molar-refractivity contribution in [3.63, 3.8) is 0 Å². The number of thiazole rings is 1. The number of likely N-dealkylation sites (tertiary alicyclic amines) is 1. The zero-order valence-electron chi connectivity index (χ0n) is 12.7. The van der Waals surface area contributed by atoms with Crippen LogP contribution < -0.4 is 5.32 Å². The van der Waals surface area contributed by atoms with E-state index in [0.717, 1.165) is 47.6 Å². The number of aromatic nitrogens is 1. The van der Waals surface area contributed by atoms with Crippen LogP contribution in [-0.4, -0.2) is 42.0 Å². The van der Waals surface area contributed by atoms with Crippen molar-refractivity contribution in [2.45, 2.75) is 40.0 Å². The molecule has 2 heterocycles. The van der Waals surface area contributed by atoms with Gasteiger partial charge in [0.05, 0.1) is 10.7 Å². The number of carbonyl (C=O) groups is 1. The molecule has 0 radical (unpaired) electrons. The molecule has 1 fully saturated rings. The summed E-state index contributed by atoms with van der Waals surface area (Å²) >= 11 is 1.52. The van der Waals surface area contributed by atoms with E-state index in [0.29, 0.717) is 0 Å². The van der Waals surface area contributed by atoms with Gasteiger partial charge in [-0.05, 0) is 38.6 Å². The third kappa shape index (κ3) is 4.03. The smallest absolute Gasteiger partial charge is 0.263 e. The van der Waals surface area contributed by atoms with Crippen molar-refractivity contribution >= 4 is 17.2 Å². The average Bonchev–Trinajstić information content (AvgIpc) is 2.80. The molecule has 4 nitrogen and oxygen atoms in total. The van der Waals surface area contributed by atoms with E-state index >= 15 is 0 Å². The molecular weight excluding hydrogens is 270 g/mol. The number of carbonyl (C=O) groups excluding carboxylic acids is 1. The molecule has 0 aromatic carbocycles. The van der Waals surface area contributed by atoms with Crippen molar-refractivity contribution in [1.82, 2.24) is 15.2 Å². The fraction of sp³-hybridized carbons (Fsp3) is 0.733. The van der Waals surface area contributed by atoms with Crippen LogP contribution in [0.4, 0.5) is 0 Å². The highest BCUT2D eigenvalue weighted by molar-refractivity contribution is 7.13. The molecule has 0 bridgehead atoms. The van der Waals surface area contributed by atoms with Gasteiger partial charge < -0.3 is 10.2 Å². The van der Waals surface area contributed by atoms with Crippen LogP contribution in [0.3, 0.4) is 0 Å². The molecule has 1 aromatic heterocycles. The van der Waals surface area contributed by atoms with E-state index in [4.69, 9.17) is 0 Å². The largest absolute Gasteiger partial charge is 0.350 e. The Morgan fingerprint density at radius 3 is 3.00 bits per heavy atom. The zero-order valence-corrected chi connectivity index (χ0v) is 13.6. The van der Waals surface area contributed by atoms with E-state index in [1.165, 1.54) is 30.7 Å². The second kappa shape index (κ2) is 7.18. The lowest BCUT2D eigenvalue weighted by molar-refractivity contribution is 0.0947. The Kier molecular flexibility index (Phi) is 5.54. The Hall–Kier alpha value is -0.940. The Morgan fingerprint density at radius 1 is 1.55 bits per heavy atom. The lowest BCUT2D eigenvalue weighted by Crippen LogP contribution is -2.40. The first-order valence-corrected chi connectivity index (χ1v) is 8.38. The molecule has 1 aliphatic rings. The van der Waals surface area contributed by atoms with Crippen molar-refractivity contribution in [3.8, 4) is 0 Å². The predicted octanol–water partition coefficient (Wildman–Crippen LogP) is 2.48. The normalized spacial score (nSPS) is 20.1. The van der Waals surface area contributed by atoms with Crippen LogP contribution in [0.15, 0.2) is 0 Å². The first kappa shape index (κ1) is 15.4. The van der Waals surface area contributed by atoms with Gasteiger partial charge in [-0.1, -0.05) is 13.8 Å². The molecule has 5 heteroatoms. The molecule has 1 N–H and O–H groups in total. The maximum Gasteiger partial charge on any atom is 0.263 e. The Labute approximate surface area is 125 Å². The summed E-state index contributed by atoms with van der Waals surface area (Å²) in [5.74, 6) is 0.820. The van der Waals surface area contributed by atoms with E-state index in [-0.39, 0.29) is 5.91 Å². The van der Waals surface area contributed by atoms with Crippen LogP contribution >= 0.6 is 11.3 Å². The van der Waals surface area contributed by atoms with Crippen molar-refractivity contribution in [3.05, 3.63) is 15.6 Å². The molecule has 1 aliphatic heterocycles. The topological polar surface area (TPSA) is 45.2 Å². The standard InChI is InChI=1S/C15H25N3OS/c1-4-13-17-12(3)14(20-13)15(19)16-7-9-18-8-5-6-11(2)10-18/h11H,4-10H2,1-3H3,(H,16,19)/t11-/m0/s1. The van der Waals surface area contributed by atoms with Gasteiger partial charge in [-0.25, -0.2) is 4.98 Å². The molecule has 1 atom stereocenters. The monoisotopic (exact) mass is 295 g/mol. The maximum absolute atomic E-state index is 12.1. The summed E-state index contributed by atoms with van der Waals surface area (Å²) in [4.78, 5) is 19.8. The minimum Gasteiger partial charge on any atom is -0.350 e. The molecule has 0 spiro atoms. The highest BCUT2D eigenvalue weighted by Crippen LogP contribution is 2.18. The summed E-state index contributed by atoms with van der Waals surface area (Å²) in [5.41, 5.74) is 0.857. The van der Waals surface area contributed by atoms with Crippen LogP contribution in [-0.2, 0) is 6.42 Å². The molecule has 112 valence electrons. The Bertz CT molecular complexity index is 458. The number of hydrogen-bond donors (Lipinski definition) is 1. The molecule has 0 unspecified atom stereocenters. The van der Waals surface area contributed by atoms with E-state index in [1.54, 1.807) is 0 Å². The van der Waals surface area contributed by atoms with Gasteiger partial charge in [-0.3, -0.25) is 4.79 Å². The van der Waals surface area contributed by atoms with Gasteiger partial charge in [-0.2, -0.15) is 0 Å². The fourth-order valence-electron chi connectivity index (χ4n) is 2.71. The van der Waals surface area contributed by atoms with Crippen LogP contribution in [0.5, 0.6) is 0 Å². The van der Waals surface area contributed by atoms with Crippen molar-refractivity contribution < 1.29 is 4.79 Å². The SMILES string of the molecule is CCc1nc(C)c(C(=O)NCCN2CCC[C@H](C)C2)s1. The van der Waals surface area contributed by atoms with Crippen molar-refractivity contribution in [2.75, 3.05) is 26.2 Å². The number of aryl methyl sites for hydroxylation is 2. The molecule has 1 saturated heterocycles. The van der Waals surface area contributed by atoms with Gasteiger partial charge in [0.25, 0.3) is 5.91 Å². The quantitative estimate of drug-likeness (QED) is 0.907. The van der Waals surface area contributed by atoms with Crippen LogP contribution in [0.25, 0.3) is 0 Å². The number of rotatable bonds is 5. The van der Waals surface area contributed by atoms with E-state index < -0.39 is 0 Å². The van der Waals surface area contributed by atoms with Gasteiger partial charge in [0.2, 0.25) is 0 Å². The second-order valence-corrected chi connectivity index (χ2v) is 6.76. The van der Waals surface area contributed by atoms with E-state index in [1.807, 2.05) is 6.92 Å². The number of amides is 1. The third-order valence-corrected chi connectivity index (χ3v) is 5.10. The molecular formula is C15H25N3OS. The van der Waals surface area contributed by atoms with Crippen molar-refractivity contribution in [2.24, 2.45) is 5.92 Å². The highest BCUT2D eigenvalue weighted by atomic mass is 32.1. The number of nitrogens with one attached hydrogen (secondary N) is 1. The Balaban J connectivity index is 1.78. The average molecular weight is 295 g/mol. The minimum atomic E-state index is 0.0322. The number of nitrogens with zero attached hydrogens (tertiary/aromatic N) is 2. The molecule has 2 rings (SSSR count). The summed E-state index contributed by atoms with van der Waals surface area (Å²) < 4.78 is 0. The van der Waals surface area contributed by atoms with Gasteiger partial charge in [0.1, 0.15) is 4.88 Å². The number of hydrogen-bond acceptors (Lipinski definition) is 4. The zero-order chi connectivity index (χ0) is 14.5. The van der Waals surface area contributed by atoms with Gasteiger partial charge in [-0.15, -0.1) is 11.3 Å². The summed E-state index contributed by atoms with van der Waals surface area (Å²) in [7, 11) is 0. The highest BCUT2D eigenvalue weighted by Gasteiger charge is 2.17. The lowest BCUT2D eigenvalue weighted by Gasteiger charge is -2.30. The fourth-order valence-corrected chi connectivity index (χ4v) is 3.63. The van der Waals surface area contributed by atoms with Gasteiger partial charge in [0, 0.05) is 19.6 Å². The van der Waals surface area contributed by atoms with Crippen LogP contribution in [0.2, 0.25) is 0 Å². The molecule has 20 heavy (non-hydrogen) atoms. The molecule has 1 amide bonds. The molecule has 0 aliphatic carbocycles. The van der Waals surface area contributed by atoms with E-state index in [9.17, 15) is 4.79 Å². The lowest BCUT2D eigenvalue weighted by atomic mass is 10.0. The van der Waals surface area contributed by atoms with Gasteiger partial charge >= 0.3 is 0 Å². The summed E-state index contributed by atoms with van der Waals surface area (Å²) in [5, 5.41) is 4.07. The third-order valence-electron chi connectivity index (χ3n) is 3.80. The summed E-state index contributed by atoms with van der Waals surface area (Å²) in [6.45, 7) is 10.3. The maximum atomic E-state index is 12.1. The minimum absolute atomic E-state index is 0.0322. The summed E-state index contributed by atoms with van der Waals surface area (Å²) in [6.07, 6.45) is 3.51. The second-order valence-electron chi connectivity index (χ2n) is 5.68. The summed E-state index contributed by atoms with van der Waals surface area (Å²) in [6, 6.07) is 0. The van der Waals surface area contributed by atoms with Crippen molar-refractivity contribution in [1.29, 1.82) is 0 Å². The van der Waals surface area contributed by atoms with Gasteiger partial charge in [0.15, 0.2) is 0 Å². The predicted molar refractivity (Wildman–Crippen MR) is 83.4 cm³/mol. The molecule has 1 aromatic rings. The first-order chi connectivity index (χ1) is 9.60. The molecule has 0 saturated carbocycles. The van der Waals surface area contributed by atoms with E-state index in [2.05, 4.69) is 29.0 Å². The first-order valence-electron chi connectivity index (χ1n) is 7.57. The van der Waals surface area contributed by atoms with Crippen LogP contribution in [0.1, 0.15) is 47.1 Å². The van der Waals surface area contributed by atoms with Crippen LogP contribution in [0, 0.1) is 12.8 Å². The number of piperidine rings is 1. The Morgan fingerprint density at radius 2 is 2.35 bits per heavy atom.